The lowest BCUT2D eigenvalue weighted by Gasteiger charge is -2.08. The van der Waals surface area contributed by atoms with Crippen LogP contribution >= 0.6 is 0 Å². The molecule has 3 heteroatoms. The Labute approximate surface area is 117 Å². The molecule has 1 amide bonds. The van der Waals surface area contributed by atoms with Crippen LogP contribution in [-0.2, 0) is 4.79 Å². The number of amides is 1. The Balaban J connectivity index is 0.00000154. The summed E-state index contributed by atoms with van der Waals surface area (Å²) in [6.07, 6.45) is 1.54. The van der Waals surface area contributed by atoms with Crippen LogP contribution in [0.4, 0.5) is 5.69 Å². The standard InChI is InChI=1S/C14H21NO2.C2H6/c1-4-9-17-13-7-5-12(6-8-13)15-14(16)10-11(2)3;1-2/h5-8,11H,4,9-10H2,1-3H3,(H,15,16);1-2H3. The number of nitrogens with one attached hydrogen (secondary N) is 1. The fraction of sp³-hybridized carbons (Fsp3) is 0.562. The van der Waals surface area contributed by atoms with E-state index in [1.54, 1.807) is 0 Å². The summed E-state index contributed by atoms with van der Waals surface area (Å²) >= 11 is 0. The summed E-state index contributed by atoms with van der Waals surface area (Å²) in [5, 5.41) is 2.86. The molecule has 0 aliphatic heterocycles. The zero-order valence-electron chi connectivity index (χ0n) is 12.8. The summed E-state index contributed by atoms with van der Waals surface area (Å²) in [6.45, 7) is 10.8. The number of benzene rings is 1. The van der Waals surface area contributed by atoms with Gasteiger partial charge in [0.05, 0.1) is 6.61 Å². The first-order valence-electron chi connectivity index (χ1n) is 7.14. The third kappa shape index (κ3) is 8.25. The summed E-state index contributed by atoms with van der Waals surface area (Å²) in [5.74, 6) is 1.28. The van der Waals surface area contributed by atoms with Crippen LogP contribution in [0.15, 0.2) is 24.3 Å². The van der Waals surface area contributed by atoms with Gasteiger partial charge in [-0.3, -0.25) is 4.79 Å². The lowest BCUT2D eigenvalue weighted by atomic mass is 10.1. The molecule has 1 N–H and O–H groups in total. The molecule has 0 fully saturated rings. The molecule has 1 rings (SSSR count). The summed E-state index contributed by atoms with van der Waals surface area (Å²) in [6, 6.07) is 7.48. The van der Waals surface area contributed by atoms with Gasteiger partial charge in [0.15, 0.2) is 0 Å². The number of carbonyl (C=O) groups excluding carboxylic acids is 1. The minimum Gasteiger partial charge on any atom is -0.494 e. The maximum absolute atomic E-state index is 11.5. The van der Waals surface area contributed by atoms with Gasteiger partial charge in [0, 0.05) is 12.1 Å². The van der Waals surface area contributed by atoms with Crippen molar-refractivity contribution in [2.45, 2.75) is 47.5 Å². The van der Waals surface area contributed by atoms with E-state index in [-0.39, 0.29) is 5.91 Å². The SMILES string of the molecule is CC.CCCOc1ccc(NC(=O)CC(C)C)cc1. The number of anilines is 1. The van der Waals surface area contributed by atoms with Crippen molar-refractivity contribution >= 4 is 11.6 Å². The van der Waals surface area contributed by atoms with Gasteiger partial charge in [-0.1, -0.05) is 34.6 Å². The number of hydrogen-bond acceptors (Lipinski definition) is 2. The lowest BCUT2D eigenvalue weighted by molar-refractivity contribution is -0.116. The number of carbonyl (C=O) groups is 1. The molecule has 0 aromatic heterocycles. The normalized spacial score (nSPS) is 9.58. The Morgan fingerprint density at radius 1 is 1.21 bits per heavy atom. The highest BCUT2D eigenvalue weighted by atomic mass is 16.5. The van der Waals surface area contributed by atoms with Crippen LogP contribution in [0.25, 0.3) is 0 Å². The van der Waals surface area contributed by atoms with Gasteiger partial charge in [-0.05, 0) is 36.6 Å². The van der Waals surface area contributed by atoms with Crippen molar-refractivity contribution in [3.63, 3.8) is 0 Å². The quantitative estimate of drug-likeness (QED) is 0.823. The Hall–Kier alpha value is -1.51. The minimum absolute atomic E-state index is 0.0576. The van der Waals surface area contributed by atoms with E-state index in [0.717, 1.165) is 24.5 Å². The van der Waals surface area contributed by atoms with E-state index >= 15 is 0 Å². The molecular weight excluding hydrogens is 238 g/mol. The van der Waals surface area contributed by atoms with Crippen LogP contribution in [0.2, 0.25) is 0 Å². The fourth-order valence-corrected chi connectivity index (χ4v) is 1.44. The zero-order chi connectivity index (χ0) is 14.7. The monoisotopic (exact) mass is 265 g/mol. The second-order valence-electron chi connectivity index (χ2n) is 4.52. The molecule has 0 radical (unpaired) electrons. The van der Waals surface area contributed by atoms with Gasteiger partial charge in [0.2, 0.25) is 5.91 Å². The molecule has 0 saturated carbocycles. The molecule has 108 valence electrons. The highest BCUT2D eigenvalue weighted by Gasteiger charge is 2.05. The number of ether oxygens (including phenoxy) is 1. The van der Waals surface area contributed by atoms with Crippen LogP contribution in [0.3, 0.4) is 0 Å². The maximum Gasteiger partial charge on any atom is 0.224 e. The van der Waals surface area contributed by atoms with Gasteiger partial charge in [0.1, 0.15) is 5.75 Å². The van der Waals surface area contributed by atoms with E-state index in [2.05, 4.69) is 12.2 Å². The molecule has 0 heterocycles. The van der Waals surface area contributed by atoms with Crippen molar-refractivity contribution < 1.29 is 9.53 Å². The van der Waals surface area contributed by atoms with Gasteiger partial charge >= 0.3 is 0 Å². The Kier molecular flexibility index (Phi) is 9.59. The van der Waals surface area contributed by atoms with E-state index in [0.29, 0.717) is 12.3 Å². The zero-order valence-corrected chi connectivity index (χ0v) is 12.8. The molecule has 0 bridgehead atoms. The molecular formula is C16H27NO2. The predicted molar refractivity (Wildman–Crippen MR) is 81.7 cm³/mol. The van der Waals surface area contributed by atoms with Crippen LogP contribution in [0.1, 0.15) is 47.5 Å². The molecule has 1 aromatic rings. The molecule has 0 atom stereocenters. The van der Waals surface area contributed by atoms with Gasteiger partial charge < -0.3 is 10.1 Å². The third-order valence-electron chi connectivity index (χ3n) is 2.20. The average Bonchev–Trinajstić information content (AvgIpc) is 2.39. The predicted octanol–water partition coefficient (Wildman–Crippen LogP) is 4.49. The number of hydrogen-bond donors (Lipinski definition) is 1. The lowest BCUT2D eigenvalue weighted by Crippen LogP contribution is -2.13. The highest BCUT2D eigenvalue weighted by molar-refractivity contribution is 5.90. The minimum atomic E-state index is 0.0576. The second kappa shape index (κ2) is 10.4. The third-order valence-corrected chi connectivity index (χ3v) is 2.20. The van der Waals surface area contributed by atoms with Crippen molar-refractivity contribution in [2.24, 2.45) is 5.92 Å². The van der Waals surface area contributed by atoms with Gasteiger partial charge in [-0.2, -0.15) is 0 Å². The summed E-state index contributed by atoms with van der Waals surface area (Å²) in [4.78, 5) is 11.5. The van der Waals surface area contributed by atoms with E-state index < -0.39 is 0 Å². The van der Waals surface area contributed by atoms with Crippen LogP contribution in [-0.4, -0.2) is 12.5 Å². The second-order valence-corrected chi connectivity index (χ2v) is 4.52. The first-order chi connectivity index (χ1) is 9.11. The van der Waals surface area contributed by atoms with Crippen LogP contribution < -0.4 is 10.1 Å². The highest BCUT2D eigenvalue weighted by Crippen LogP contribution is 2.16. The van der Waals surface area contributed by atoms with Crippen molar-refractivity contribution in [1.82, 2.24) is 0 Å². The summed E-state index contributed by atoms with van der Waals surface area (Å²) < 4.78 is 5.47. The Bertz CT molecular complexity index is 344. The Morgan fingerprint density at radius 2 is 1.79 bits per heavy atom. The Morgan fingerprint density at radius 3 is 2.26 bits per heavy atom. The maximum atomic E-state index is 11.5. The first-order valence-corrected chi connectivity index (χ1v) is 7.14. The number of rotatable bonds is 6. The van der Waals surface area contributed by atoms with E-state index in [1.165, 1.54) is 0 Å². The molecule has 0 aliphatic carbocycles. The van der Waals surface area contributed by atoms with E-state index in [4.69, 9.17) is 4.74 Å². The van der Waals surface area contributed by atoms with E-state index in [1.807, 2.05) is 52.0 Å². The molecule has 0 unspecified atom stereocenters. The molecule has 0 spiro atoms. The average molecular weight is 265 g/mol. The molecule has 0 saturated heterocycles. The van der Waals surface area contributed by atoms with E-state index in [9.17, 15) is 4.79 Å². The van der Waals surface area contributed by atoms with Gasteiger partial charge in [-0.15, -0.1) is 0 Å². The molecule has 3 nitrogen and oxygen atoms in total. The van der Waals surface area contributed by atoms with Crippen molar-refractivity contribution in [1.29, 1.82) is 0 Å². The topological polar surface area (TPSA) is 38.3 Å². The van der Waals surface area contributed by atoms with Gasteiger partial charge in [0.25, 0.3) is 0 Å². The van der Waals surface area contributed by atoms with Crippen molar-refractivity contribution in [2.75, 3.05) is 11.9 Å². The molecule has 1 aromatic carbocycles. The first kappa shape index (κ1) is 17.5. The smallest absolute Gasteiger partial charge is 0.224 e. The van der Waals surface area contributed by atoms with Crippen LogP contribution in [0.5, 0.6) is 5.75 Å². The molecule has 0 aliphatic rings. The van der Waals surface area contributed by atoms with Crippen LogP contribution in [0, 0.1) is 5.92 Å². The summed E-state index contributed by atoms with van der Waals surface area (Å²) in [5.41, 5.74) is 0.819. The molecule has 19 heavy (non-hydrogen) atoms. The largest absolute Gasteiger partial charge is 0.494 e. The van der Waals surface area contributed by atoms with Crippen molar-refractivity contribution in [3.8, 4) is 5.75 Å². The summed E-state index contributed by atoms with van der Waals surface area (Å²) in [7, 11) is 0. The van der Waals surface area contributed by atoms with Crippen molar-refractivity contribution in [3.05, 3.63) is 24.3 Å². The fourth-order valence-electron chi connectivity index (χ4n) is 1.44. The van der Waals surface area contributed by atoms with Gasteiger partial charge in [-0.25, -0.2) is 0 Å².